The highest BCUT2D eigenvalue weighted by molar-refractivity contribution is 5.93. The highest BCUT2D eigenvalue weighted by Gasteiger charge is 2.15. The van der Waals surface area contributed by atoms with Crippen molar-refractivity contribution in [1.29, 1.82) is 0 Å². The number of halogens is 1. The molecular formula is C18H21FN2O2. The summed E-state index contributed by atoms with van der Waals surface area (Å²) in [6.45, 7) is 2.43. The van der Waals surface area contributed by atoms with E-state index in [9.17, 15) is 14.3 Å². The summed E-state index contributed by atoms with van der Waals surface area (Å²) in [5.41, 5.74) is 2.29. The molecule has 1 amide bonds. The molecule has 0 fully saturated rings. The van der Waals surface area contributed by atoms with Gasteiger partial charge in [0.25, 0.3) is 5.91 Å². The fourth-order valence-electron chi connectivity index (χ4n) is 2.26. The maximum Gasteiger partial charge on any atom is 0.251 e. The number of hydrogen-bond donors (Lipinski definition) is 3. The van der Waals surface area contributed by atoms with Gasteiger partial charge in [-0.05, 0) is 42.3 Å². The van der Waals surface area contributed by atoms with E-state index in [4.69, 9.17) is 0 Å². The molecule has 5 heteroatoms. The molecular weight excluding hydrogens is 295 g/mol. The number of carbonyl (C=O) groups is 1. The largest absolute Gasteiger partial charge is 0.387 e. The number of benzene rings is 2. The van der Waals surface area contributed by atoms with Gasteiger partial charge in [0.1, 0.15) is 5.82 Å². The molecule has 0 spiro atoms. The lowest BCUT2D eigenvalue weighted by atomic mass is 10.0. The van der Waals surface area contributed by atoms with Gasteiger partial charge in [-0.3, -0.25) is 4.79 Å². The van der Waals surface area contributed by atoms with Crippen molar-refractivity contribution in [2.45, 2.75) is 25.6 Å². The van der Waals surface area contributed by atoms with Crippen LogP contribution in [0.25, 0.3) is 0 Å². The van der Waals surface area contributed by atoms with Gasteiger partial charge >= 0.3 is 0 Å². The van der Waals surface area contributed by atoms with Gasteiger partial charge in [0.05, 0.1) is 6.10 Å². The van der Waals surface area contributed by atoms with E-state index < -0.39 is 6.10 Å². The molecule has 0 aromatic heterocycles. The van der Waals surface area contributed by atoms with Gasteiger partial charge in [0, 0.05) is 25.2 Å². The summed E-state index contributed by atoms with van der Waals surface area (Å²) < 4.78 is 12.9. The van der Waals surface area contributed by atoms with E-state index in [1.807, 2.05) is 19.1 Å². The first-order valence-electron chi connectivity index (χ1n) is 7.49. The van der Waals surface area contributed by atoms with Gasteiger partial charge < -0.3 is 15.7 Å². The Hall–Kier alpha value is -2.24. The van der Waals surface area contributed by atoms with Crippen LogP contribution in [0.15, 0.2) is 48.5 Å². The Bertz CT molecular complexity index is 641. The Labute approximate surface area is 135 Å². The third-order valence-electron chi connectivity index (χ3n) is 3.76. The Morgan fingerprint density at radius 2 is 1.74 bits per heavy atom. The van der Waals surface area contributed by atoms with E-state index in [2.05, 4.69) is 10.6 Å². The van der Waals surface area contributed by atoms with Crippen LogP contribution in [-0.2, 0) is 6.54 Å². The zero-order valence-electron chi connectivity index (χ0n) is 13.2. The third-order valence-corrected chi connectivity index (χ3v) is 3.76. The number of aliphatic hydroxyl groups excluding tert-OH is 1. The minimum atomic E-state index is -0.722. The molecule has 0 aliphatic heterocycles. The Morgan fingerprint density at radius 1 is 1.13 bits per heavy atom. The van der Waals surface area contributed by atoms with Crippen molar-refractivity contribution in [3.8, 4) is 0 Å². The summed E-state index contributed by atoms with van der Waals surface area (Å²) in [6, 6.07) is 12.9. The minimum Gasteiger partial charge on any atom is -0.387 e. The van der Waals surface area contributed by atoms with E-state index in [-0.39, 0.29) is 17.8 Å². The van der Waals surface area contributed by atoms with Crippen LogP contribution in [0.2, 0.25) is 0 Å². The van der Waals surface area contributed by atoms with Crippen LogP contribution in [0.4, 0.5) is 4.39 Å². The molecule has 0 saturated heterocycles. The molecule has 0 bridgehead atoms. The van der Waals surface area contributed by atoms with Gasteiger partial charge in [-0.25, -0.2) is 4.39 Å². The fraction of sp³-hybridized carbons (Fsp3) is 0.278. The molecule has 0 radical (unpaired) electrons. The van der Waals surface area contributed by atoms with Crippen molar-refractivity contribution >= 4 is 5.91 Å². The number of nitrogens with one attached hydrogen (secondary N) is 2. The Morgan fingerprint density at radius 3 is 2.30 bits per heavy atom. The van der Waals surface area contributed by atoms with Crippen LogP contribution in [0, 0.1) is 5.82 Å². The maximum absolute atomic E-state index is 12.9. The maximum atomic E-state index is 12.9. The second-order valence-corrected chi connectivity index (χ2v) is 5.44. The minimum absolute atomic E-state index is 0.121. The second kappa shape index (κ2) is 7.85. The summed E-state index contributed by atoms with van der Waals surface area (Å²) in [5.74, 6) is -0.442. The van der Waals surface area contributed by atoms with E-state index in [0.29, 0.717) is 17.7 Å². The standard InChI is InChI=1S/C18H21FN2O2/c1-12(17(22)14-7-9-16(19)10-8-14)21-11-13-3-5-15(6-4-13)18(23)20-2/h3-10,12,17,21-22H,11H2,1-2H3,(H,20,23). The Kier molecular flexibility index (Phi) is 5.84. The first-order chi connectivity index (χ1) is 11.0. The quantitative estimate of drug-likeness (QED) is 0.767. The molecule has 23 heavy (non-hydrogen) atoms. The molecule has 2 atom stereocenters. The Balaban J connectivity index is 1.91. The molecule has 4 nitrogen and oxygen atoms in total. The molecule has 2 aromatic carbocycles. The molecule has 2 rings (SSSR count). The number of rotatable bonds is 6. The van der Waals surface area contributed by atoms with E-state index in [0.717, 1.165) is 5.56 Å². The molecule has 2 aromatic rings. The van der Waals surface area contributed by atoms with Gasteiger partial charge in [0.2, 0.25) is 0 Å². The number of amides is 1. The molecule has 3 N–H and O–H groups in total. The molecule has 0 heterocycles. The number of hydrogen-bond acceptors (Lipinski definition) is 3. The fourth-order valence-corrected chi connectivity index (χ4v) is 2.26. The average Bonchev–Trinajstić information content (AvgIpc) is 2.59. The number of carbonyl (C=O) groups excluding carboxylic acids is 1. The normalized spacial score (nSPS) is 13.4. The van der Waals surface area contributed by atoms with Crippen LogP contribution < -0.4 is 10.6 Å². The summed E-state index contributed by atoms with van der Waals surface area (Å²) in [4.78, 5) is 11.5. The van der Waals surface area contributed by atoms with Crippen LogP contribution in [-0.4, -0.2) is 24.1 Å². The molecule has 2 unspecified atom stereocenters. The predicted octanol–water partition coefficient (Wildman–Crippen LogP) is 2.40. The van der Waals surface area contributed by atoms with Crippen molar-refractivity contribution in [2.24, 2.45) is 0 Å². The zero-order chi connectivity index (χ0) is 16.8. The smallest absolute Gasteiger partial charge is 0.251 e. The first kappa shape index (κ1) is 17.1. The van der Waals surface area contributed by atoms with E-state index in [1.54, 1.807) is 31.3 Å². The zero-order valence-corrected chi connectivity index (χ0v) is 13.2. The van der Waals surface area contributed by atoms with Crippen molar-refractivity contribution in [3.05, 3.63) is 71.0 Å². The number of aliphatic hydroxyl groups is 1. The van der Waals surface area contributed by atoms with Crippen molar-refractivity contribution in [2.75, 3.05) is 7.05 Å². The van der Waals surface area contributed by atoms with E-state index >= 15 is 0 Å². The summed E-state index contributed by atoms with van der Waals surface area (Å²) >= 11 is 0. The second-order valence-electron chi connectivity index (χ2n) is 5.44. The van der Waals surface area contributed by atoms with Crippen LogP contribution in [0.5, 0.6) is 0 Å². The van der Waals surface area contributed by atoms with Crippen LogP contribution in [0.1, 0.15) is 34.5 Å². The SMILES string of the molecule is CNC(=O)c1ccc(CNC(C)C(O)c2ccc(F)cc2)cc1. The van der Waals surface area contributed by atoms with Gasteiger partial charge in [-0.2, -0.15) is 0 Å². The van der Waals surface area contributed by atoms with Gasteiger partial charge in [-0.1, -0.05) is 24.3 Å². The van der Waals surface area contributed by atoms with E-state index in [1.165, 1.54) is 12.1 Å². The molecule has 0 saturated carbocycles. The van der Waals surface area contributed by atoms with Crippen molar-refractivity contribution in [3.63, 3.8) is 0 Å². The summed E-state index contributed by atoms with van der Waals surface area (Å²) in [7, 11) is 1.59. The predicted molar refractivity (Wildman–Crippen MR) is 87.5 cm³/mol. The molecule has 0 aliphatic rings. The molecule has 0 aliphatic carbocycles. The lowest BCUT2D eigenvalue weighted by Crippen LogP contribution is -2.31. The molecule has 122 valence electrons. The first-order valence-corrected chi connectivity index (χ1v) is 7.49. The monoisotopic (exact) mass is 316 g/mol. The van der Waals surface area contributed by atoms with Gasteiger partial charge in [-0.15, -0.1) is 0 Å². The summed E-state index contributed by atoms with van der Waals surface area (Å²) in [6.07, 6.45) is -0.722. The van der Waals surface area contributed by atoms with Crippen LogP contribution in [0.3, 0.4) is 0 Å². The van der Waals surface area contributed by atoms with Crippen molar-refractivity contribution < 1.29 is 14.3 Å². The topological polar surface area (TPSA) is 61.4 Å². The highest BCUT2D eigenvalue weighted by atomic mass is 19.1. The highest BCUT2D eigenvalue weighted by Crippen LogP contribution is 2.17. The lowest BCUT2D eigenvalue weighted by Gasteiger charge is -2.21. The third kappa shape index (κ3) is 4.61. The van der Waals surface area contributed by atoms with Crippen molar-refractivity contribution in [1.82, 2.24) is 10.6 Å². The lowest BCUT2D eigenvalue weighted by molar-refractivity contribution is 0.0963. The summed E-state index contributed by atoms with van der Waals surface area (Å²) in [5, 5.41) is 16.1. The average molecular weight is 316 g/mol. The van der Waals surface area contributed by atoms with Gasteiger partial charge in [0.15, 0.2) is 0 Å². The van der Waals surface area contributed by atoms with Crippen LogP contribution >= 0.6 is 0 Å².